The van der Waals surface area contributed by atoms with Gasteiger partial charge in [-0.25, -0.2) is 0 Å². The molecule has 0 amide bonds. The number of esters is 2. The second kappa shape index (κ2) is 8.63. The van der Waals surface area contributed by atoms with Gasteiger partial charge in [0.2, 0.25) is 0 Å². The van der Waals surface area contributed by atoms with E-state index in [4.69, 9.17) is 9.47 Å². The van der Waals surface area contributed by atoms with Crippen molar-refractivity contribution in [2.45, 2.75) is 32.0 Å². The molecule has 1 aliphatic heterocycles. The molecular weight excluding hydrogens is 330 g/mol. The zero-order valence-corrected chi connectivity index (χ0v) is 14.8. The van der Waals surface area contributed by atoms with Gasteiger partial charge in [0, 0.05) is 6.54 Å². The predicted octanol–water partition coefficient (Wildman–Crippen LogP) is 2.59. The van der Waals surface area contributed by atoms with Crippen molar-refractivity contribution in [1.82, 2.24) is 4.90 Å². The maximum absolute atomic E-state index is 12.4. The van der Waals surface area contributed by atoms with E-state index in [0.717, 1.165) is 11.1 Å². The van der Waals surface area contributed by atoms with E-state index < -0.39 is 6.04 Å². The standard InChI is InChI=1S/C21H23NO4/c1-2-25-20(23)18(13-16-9-5-3-6-10-16)22-14-19(22)21(24)26-15-17-11-7-4-8-12-17/h3-12,18-19H,2,13-15H2,1H3/t18-,19+,22?/m0/s1. The van der Waals surface area contributed by atoms with Crippen LogP contribution in [0, 0.1) is 0 Å². The fourth-order valence-corrected chi connectivity index (χ4v) is 2.94. The molecule has 1 heterocycles. The third kappa shape index (κ3) is 4.70. The van der Waals surface area contributed by atoms with E-state index in [1.165, 1.54) is 0 Å². The largest absolute Gasteiger partial charge is 0.465 e. The van der Waals surface area contributed by atoms with Gasteiger partial charge in [0.15, 0.2) is 0 Å². The molecule has 5 heteroatoms. The van der Waals surface area contributed by atoms with Crippen LogP contribution in [-0.4, -0.2) is 42.1 Å². The van der Waals surface area contributed by atoms with Crippen molar-refractivity contribution in [1.29, 1.82) is 0 Å². The third-order valence-electron chi connectivity index (χ3n) is 4.38. The van der Waals surface area contributed by atoms with Gasteiger partial charge in [-0.15, -0.1) is 0 Å². The van der Waals surface area contributed by atoms with Gasteiger partial charge >= 0.3 is 11.9 Å². The third-order valence-corrected chi connectivity index (χ3v) is 4.38. The first-order chi connectivity index (χ1) is 12.7. The van der Waals surface area contributed by atoms with Gasteiger partial charge in [-0.1, -0.05) is 60.7 Å². The van der Waals surface area contributed by atoms with E-state index in [-0.39, 0.29) is 24.6 Å². The summed E-state index contributed by atoms with van der Waals surface area (Å²) < 4.78 is 10.6. The molecule has 26 heavy (non-hydrogen) atoms. The number of ether oxygens (including phenoxy) is 2. The van der Waals surface area contributed by atoms with Crippen LogP contribution < -0.4 is 0 Å². The van der Waals surface area contributed by atoms with Crippen LogP contribution in [0.25, 0.3) is 0 Å². The average Bonchev–Trinajstić information content (AvgIpc) is 3.46. The van der Waals surface area contributed by atoms with Crippen LogP contribution in [0.2, 0.25) is 0 Å². The minimum Gasteiger partial charge on any atom is -0.465 e. The fourth-order valence-electron chi connectivity index (χ4n) is 2.94. The van der Waals surface area contributed by atoms with E-state index in [9.17, 15) is 9.59 Å². The smallest absolute Gasteiger partial charge is 0.325 e. The summed E-state index contributed by atoms with van der Waals surface area (Å²) in [5.41, 5.74) is 1.98. The summed E-state index contributed by atoms with van der Waals surface area (Å²) in [6.07, 6.45) is 0.516. The lowest BCUT2D eigenvalue weighted by Gasteiger charge is -2.17. The Labute approximate surface area is 153 Å². The van der Waals surface area contributed by atoms with Gasteiger partial charge < -0.3 is 9.47 Å². The zero-order chi connectivity index (χ0) is 18.4. The molecule has 1 saturated heterocycles. The van der Waals surface area contributed by atoms with Crippen molar-refractivity contribution in [3.63, 3.8) is 0 Å². The van der Waals surface area contributed by atoms with Gasteiger partial charge in [-0.2, -0.15) is 0 Å². The molecule has 2 aromatic carbocycles. The second-order valence-electron chi connectivity index (χ2n) is 6.26. The first kappa shape index (κ1) is 18.1. The molecular formula is C21H23NO4. The highest BCUT2D eigenvalue weighted by Gasteiger charge is 2.49. The minimum absolute atomic E-state index is 0.243. The highest BCUT2D eigenvalue weighted by atomic mass is 16.5. The van der Waals surface area contributed by atoms with Gasteiger partial charge in [0.1, 0.15) is 18.7 Å². The van der Waals surface area contributed by atoms with Crippen LogP contribution in [0.3, 0.4) is 0 Å². The van der Waals surface area contributed by atoms with E-state index >= 15 is 0 Å². The van der Waals surface area contributed by atoms with Crippen molar-refractivity contribution in [2.75, 3.05) is 13.2 Å². The van der Waals surface area contributed by atoms with Crippen molar-refractivity contribution < 1.29 is 19.1 Å². The van der Waals surface area contributed by atoms with E-state index in [2.05, 4.69) is 0 Å². The van der Waals surface area contributed by atoms with Crippen molar-refractivity contribution in [3.05, 3.63) is 71.8 Å². The van der Waals surface area contributed by atoms with Crippen LogP contribution in [0.4, 0.5) is 0 Å². The quantitative estimate of drug-likeness (QED) is 0.539. The van der Waals surface area contributed by atoms with Crippen molar-refractivity contribution >= 4 is 11.9 Å². The monoisotopic (exact) mass is 353 g/mol. The summed E-state index contributed by atoms with van der Waals surface area (Å²) in [4.78, 5) is 26.5. The number of nitrogens with zero attached hydrogens (tertiary/aromatic N) is 1. The van der Waals surface area contributed by atoms with Crippen molar-refractivity contribution in [3.8, 4) is 0 Å². The molecule has 136 valence electrons. The lowest BCUT2D eigenvalue weighted by Crippen LogP contribution is -2.35. The topological polar surface area (TPSA) is 55.6 Å². The van der Waals surface area contributed by atoms with Crippen LogP contribution >= 0.6 is 0 Å². The summed E-state index contributed by atoms with van der Waals surface area (Å²) >= 11 is 0. The molecule has 3 rings (SSSR count). The van der Waals surface area contributed by atoms with Gasteiger partial charge in [-0.05, 0) is 24.5 Å². The first-order valence-electron chi connectivity index (χ1n) is 8.86. The zero-order valence-electron chi connectivity index (χ0n) is 14.8. The Hall–Kier alpha value is -2.66. The average molecular weight is 353 g/mol. The molecule has 0 radical (unpaired) electrons. The molecule has 0 bridgehead atoms. The van der Waals surface area contributed by atoms with E-state index in [0.29, 0.717) is 19.6 Å². The van der Waals surface area contributed by atoms with Gasteiger partial charge in [0.05, 0.1) is 6.61 Å². The Kier molecular flexibility index (Phi) is 6.02. The molecule has 0 spiro atoms. The number of carbonyl (C=O) groups excluding carboxylic acids is 2. The number of benzene rings is 2. The molecule has 0 aromatic heterocycles. The summed E-state index contributed by atoms with van der Waals surface area (Å²) in [6, 6.07) is 18.5. The van der Waals surface area contributed by atoms with Crippen molar-refractivity contribution in [2.24, 2.45) is 0 Å². The van der Waals surface area contributed by atoms with E-state index in [1.54, 1.807) is 6.92 Å². The number of rotatable bonds is 8. The molecule has 3 atom stereocenters. The highest BCUT2D eigenvalue weighted by Crippen LogP contribution is 2.26. The molecule has 5 nitrogen and oxygen atoms in total. The first-order valence-corrected chi connectivity index (χ1v) is 8.86. The molecule has 0 saturated carbocycles. The van der Waals surface area contributed by atoms with Crippen LogP contribution in [0.15, 0.2) is 60.7 Å². The molecule has 1 unspecified atom stereocenters. The molecule has 0 N–H and O–H groups in total. The van der Waals surface area contributed by atoms with Crippen LogP contribution in [0.1, 0.15) is 18.1 Å². The number of carbonyl (C=O) groups is 2. The van der Waals surface area contributed by atoms with Gasteiger partial charge in [0.25, 0.3) is 0 Å². The summed E-state index contributed by atoms with van der Waals surface area (Å²) in [5, 5.41) is 0. The van der Waals surface area contributed by atoms with E-state index in [1.807, 2.05) is 65.6 Å². The Morgan fingerprint density at radius 3 is 2.23 bits per heavy atom. The molecule has 1 fully saturated rings. The Bertz CT molecular complexity index is 732. The summed E-state index contributed by atoms with van der Waals surface area (Å²) in [7, 11) is 0. The Morgan fingerprint density at radius 2 is 1.62 bits per heavy atom. The molecule has 0 aliphatic carbocycles. The lowest BCUT2D eigenvalue weighted by molar-refractivity contribution is -0.149. The minimum atomic E-state index is -0.466. The summed E-state index contributed by atoms with van der Waals surface area (Å²) in [5.74, 6) is -0.592. The number of hydrogen-bond donors (Lipinski definition) is 0. The Balaban J connectivity index is 1.59. The molecule has 1 aliphatic rings. The van der Waals surface area contributed by atoms with Crippen LogP contribution in [0.5, 0.6) is 0 Å². The maximum atomic E-state index is 12.4. The second-order valence-corrected chi connectivity index (χ2v) is 6.26. The lowest BCUT2D eigenvalue weighted by atomic mass is 10.1. The Morgan fingerprint density at radius 1 is 1.00 bits per heavy atom. The fraction of sp³-hybridized carbons (Fsp3) is 0.333. The predicted molar refractivity (Wildman–Crippen MR) is 97.3 cm³/mol. The highest BCUT2D eigenvalue weighted by molar-refractivity contribution is 5.83. The SMILES string of the molecule is CCOC(=O)[C@H](Cc1ccccc1)N1C[C@@H]1C(=O)OCc1ccccc1. The normalized spacial score (nSPS) is 19.4. The van der Waals surface area contributed by atoms with Gasteiger partial charge in [-0.3, -0.25) is 14.5 Å². The number of hydrogen-bond acceptors (Lipinski definition) is 5. The molecule has 2 aromatic rings. The van der Waals surface area contributed by atoms with Crippen LogP contribution in [-0.2, 0) is 32.1 Å². The maximum Gasteiger partial charge on any atom is 0.325 e. The summed E-state index contributed by atoms with van der Waals surface area (Å²) in [6.45, 7) is 2.86.